The number of hydrogen-bond donors (Lipinski definition) is 1. The number of aryl methyl sites for hydroxylation is 2. The van der Waals surface area contributed by atoms with Crippen LogP contribution in [0.1, 0.15) is 23.9 Å². The molecule has 1 aromatic carbocycles. The maximum atomic E-state index is 11.4. The van der Waals surface area contributed by atoms with Crippen LogP contribution in [0.25, 0.3) is 0 Å². The van der Waals surface area contributed by atoms with E-state index in [1.54, 1.807) is 0 Å². The van der Waals surface area contributed by atoms with E-state index in [4.69, 9.17) is 9.15 Å². The van der Waals surface area contributed by atoms with Crippen molar-refractivity contribution in [2.24, 2.45) is 0 Å². The molecule has 0 saturated heterocycles. The van der Waals surface area contributed by atoms with E-state index < -0.39 is 0 Å². The minimum Gasteiger partial charge on any atom is -0.484 e. The first-order chi connectivity index (χ1) is 10.6. The predicted octanol–water partition coefficient (Wildman–Crippen LogP) is 2.49. The molecular formula is C15H19N3O3S. The largest absolute Gasteiger partial charge is 0.484 e. The van der Waals surface area contributed by atoms with Crippen LogP contribution in [0, 0.1) is 13.8 Å². The van der Waals surface area contributed by atoms with Crippen LogP contribution in [0.15, 0.2) is 27.8 Å². The Labute approximate surface area is 133 Å². The monoisotopic (exact) mass is 321 g/mol. The summed E-state index contributed by atoms with van der Waals surface area (Å²) in [5.74, 6) is 1.39. The zero-order valence-corrected chi connectivity index (χ0v) is 13.7. The number of thioether (sulfide) groups is 1. The molecule has 0 radical (unpaired) electrons. The second kappa shape index (κ2) is 7.84. The Kier molecular flexibility index (Phi) is 5.83. The van der Waals surface area contributed by atoms with E-state index in [9.17, 15) is 4.79 Å². The molecule has 0 aliphatic rings. The van der Waals surface area contributed by atoms with Crippen molar-refractivity contribution in [2.75, 3.05) is 12.3 Å². The maximum Gasteiger partial charge on any atom is 0.277 e. The van der Waals surface area contributed by atoms with Gasteiger partial charge in [0.1, 0.15) is 5.75 Å². The number of carbonyl (C=O) groups is 1. The highest BCUT2D eigenvalue weighted by molar-refractivity contribution is 7.99. The van der Waals surface area contributed by atoms with Crippen LogP contribution in [-0.4, -0.2) is 28.4 Å². The SMILES string of the molecule is CCNC(=O)CSc1nnc(COc2cc(C)ccc2C)o1. The van der Waals surface area contributed by atoms with Crippen molar-refractivity contribution < 1.29 is 13.9 Å². The van der Waals surface area contributed by atoms with Crippen molar-refractivity contribution in [1.82, 2.24) is 15.5 Å². The highest BCUT2D eigenvalue weighted by Gasteiger charge is 2.10. The molecule has 1 heterocycles. The summed E-state index contributed by atoms with van der Waals surface area (Å²) in [4.78, 5) is 11.4. The van der Waals surface area contributed by atoms with Gasteiger partial charge in [0.05, 0.1) is 5.75 Å². The molecule has 1 amide bonds. The predicted molar refractivity (Wildman–Crippen MR) is 84.0 cm³/mol. The van der Waals surface area contributed by atoms with Crippen LogP contribution < -0.4 is 10.1 Å². The lowest BCUT2D eigenvalue weighted by atomic mass is 10.1. The second-order valence-corrected chi connectivity index (χ2v) is 5.69. The molecule has 0 aliphatic heterocycles. The first-order valence-corrected chi connectivity index (χ1v) is 7.99. The maximum absolute atomic E-state index is 11.4. The third-order valence-corrected chi connectivity index (χ3v) is 3.66. The fourth-order valence-electron chi connectivity index (χ4n) is 1.73. The molecular weight excluding hydrogens is 302 g/mol. The summed E-state index contributed by atoms with van der Waals surface area (Å²) < 4.78 is 11.1. The van der Waals surface area contributed by atoms with Crippen LogP contribution in [0.2, 0.25) is 0 Å². The number of rotatable bonds is 7. The number of amides is 1. The fourth-order valence-corrected chi connectivity index (χ4v) is 2.34. The third-order valence-electron chi connectivity index (χ3n) is 2.84. The molecule has 118 valence electrons. The highest BCUT2D eigenvalue weighted by Crippen LogP contribution is 2.21. The minimum absolute atomic E-state index is 0.0566. The van der Waals surface area contributed by atoms with Crippen molar-refractivity contribution in [3.05, 3.63) is 35.2 Å². The van der Waals surface area contributed by atoms with E-state index in [0.29, 0.717) is 17.7 Å². The molecule has 1 N–H and O–H groups in total. The van der Waals surface area contributed by atoms with Gasteiger partial charge in [0, 0.05) is 6.54 Å². The molecule has 1 aromatic heterocycles. The first kappa shape index (κ1) is 16.4. The molecule has 0 fully saturated rings. The number of hydrogen-bond acceptors (Lipinski definition) is 6. The molecule has 7 heteroatoms. The summed E-state index contributed by atoms with van der Waals surface area (Å²) in [7, 11) is 0. The first-order valence-electron chi connectivity index (χ1n) is 7.00. The van der Waals surface area contributed by atoms with Gasteiger partial charge in [-0.05, 0) is 38.0 Å². The van der Waals surface area contributed by atoms with Crippen molar-refractivity contribution in [1.29, 1.82) is 0 Å². The molecule has 22 heavy (non-hydrogen) atoms. The van der Waals surface area contributed by atoms with E-state index in [-0.39, 0.29) is 18.3 Å². The summed E-state index contributed by atoms with van der Waals surface area (Å²) in [5.41, 5.74) is 2.18. The zero-order valence-electron chi connectivity index (χ0n) is 12.9. The highest BCUT2D eigenvalue weighted by atomic mass is 32.2. The molecule has 0 atom stereocenters. The van der Waals surface area contributed by atoms with Crippen LogP contribution in [-0.2, 0) is 11.4 Å². The van der Waals surface area contributed by atoms with Gasteiger partial charge in [0.15, 0.2) is 6.61 Å². The molecule has 0 unspecified atom stereocenters. The Morgan fingerprint density at radius 1 is 1.36 bits per heavy atom. The lowest BCUT2D eigenvalue weighted by molar-refractivity contribution is -0.118. The standard InChI is InChI=1S/C15H19N3O3S/c1-4-16-13(19)9-22-15-18-17-14(21-15)8-20-12-7-10(2)5-6-11(12)3/h5-7H,4,8-9H2,1-3H3,(H,16,19). The molecule has 0 bridgehead atoms. The molecule has 0 aliphatic carbocycles. The van der Waals surface area contributed by atoms with Gasteiger partial charge in [0.2, 0.25) is 5.91 Å². The van der Waals surface area contributed by atoms with Crippen molar-refractivity contribution >= 4 is 17.7 Å². The van der Waals surface area contributed by atoms with Crippen LogP contribution in [0.3, 0.4) is 0 Å². The molecule has 2 aromatic rings. The summed E-state index contributed by atoms with van der Waals surface area (Å²) in [6.45, 7) is 6.68. The molecule has 0 saturated carbocycles. The van der Waals surface area contributed by atoms with Gasteiger partial charge in [-0.1, -0.05) is 23.9 Å². The lowest BCUT2D eigenvalue weighted by Gasteiger charge is -2.07. The van der Waals surface area contributed by atoms with Crippen molar-refractivity contribution in [3.8, 4) is 5.75 Å². The topological polar surface area (TPSA) is 77.2 Å². The summed E-state index contributed by atoms with van der Waals surface area (Å²) in [6.07, 6.45) is 0. The zero-order chi connectivity index (χ0) is 15.9. The van der Waals surface area contributed by atoms with Crippen molar-refractivity contribution in [2.45, 2.75) is 32.6 Å². The Hall–Kier alpha value is -2.02. The normalized spacial score (nSPS) is 10.5. The smallest absolute Gasteiger partial charge is 0.277 e. The quantitative estimate of drug-likeness (QED) is 0.790. The van der Waals surface area contributed by atoms with E-state index >= 15 is 0 Å². The summed E-state index contributed by atoms with van der Waals surface area (Å²) in [5, 5.41) is 10.9. The molecule has 6 nitrogen and oxygen atoms in total. The average Bonchev–Trinajstić information content (AvgIpc) is 2.94. The van der Waals surface area contributed by atoms with Crippen LogP contribution >= 0.6 is 11.8 Å². The fraction of sp³-hybridized carbons (Fsp3) is 0.400. The van der Waals surface area contributed by atoms with Gasteiger partial charge in [-0.3, -0.25) is 4.79 Å². The van der Waals surface area contributed by atoms with Gasteiger partial charge in [0.25, 0.3) is 11.1 Å². The second-order valence-electron chi connectivity index (χ2n) is 4.76. The Morgan fingerprint density at radius 3 is 2.95 bits per heavy atom. The molecule has 0 spiro atoms. The third kappa shape index (κ3) is 4.77. The Balaban J connectivity index is 1.87. The summed E-state index contributed by atoms with van der Waals surface area (Å²) in [6, 6.07) is 6.01. The average molecular weight is 321 g/mol. The number of benzene rings is 1. The number of nitrogens with one attached hydrogen (secondary N) is 1. The number of nitrogens with zero attached hydrogens (tertiary/aromatic N) is 2. The van der Waals surface area contributed by atoms with Gasteiger partial charge < -0.3 is 14.5 Å². The Bertz CT molecular complexity index is 643. The number of aromatic nitrogens is 2. The van der Waals surface area contributed by atoms with E-state index in [2.05, 4.69) is 15.5 Å². The molecule has 2 rings (SSSR count). The van der Waals surface area contributed by atoms with E-state index in [1.165, 1.54) is 11.8 Å². The minimum atomic E-state index is -0.0566. The van der Waals surface area contributed by atoms with E-state index in [0.717, 1.165) is 16.9 Å². The Morgan fingerprint density at radius 2 is 2.18 bits per heavy atom. The number of ether oxygens (including phenoxy) is 1. The van der Waals surface area contributed by atoms with E-state index in [1.807, 2.05) is 39.0 Å². The number of carbonyl (C=O) groups excluding carboxylic acids is 1. The van der Waals surface area contributed by atoms with Crippen LogP contribution in [0.5, 0.6) is 5.75 Å². The van der Waals surface area contributed by atoms with Gasteiger partial charge in [-0.15, -0.1) is 10.2 Å². The van der Waals surface area contributed by atoms with Gasteiger partial charge >= 0.3 is 0 Å². The summed E-state index contributed by atoms with van der Waals surface area (Å²) >= 11 is 1.21. The van der Waals surface area contributed by atoms with Gasteiger partial charge in [-0.2, -0.15) is 0 Å². The van der Waals surface area contributed by atoms with Crippen LogP contribution in [0.4, 0.5) is 0 Å². The van der Waals surface area contributed by atoms with Crippen molar-refractivity contribution in [3.63, 3.8) is 0 Å². The lowest BCUT2D eigenvalue weighted by Crippen LogP contribution is -2.24. The van der Waals surface area contributed by atoms with Gasteiger partial charge in [-0.25, -0.2) is 0 Å².